The summed E-state index contributed by atoms with van der Waals surface area (Å²) >= 11 is 0. The standard InChI is InChI=1S/C25H45NO4/c1-5-7-8-12-18-28-19-21-20(22-14-15-23(21)30-22)13-10-9-11-16-25(3,4)24(26-27)29-17-6-2/h9-10,20-23,27H,5-8,11-19H2,1-4H3/b10-9-,26-24?/t20-,21+,22-,23+/m0/s1. The lowest BCUT2D eigenvalue weighted by Crippen LogP contribution is -2.30. The molecule has 0 aromatic rings. The van der Waals surface area contributed by atoms with Gasteiger partial charge in [0.2, 0.25) is 5.90 Å². The highest BCUT2D eigenvalue weighted by Gasteiger charge is 2.48. The van der Waals surface area contributed by atoms with E-state index in [0.717, 1.165) is 38.9 Å². The molecule has 0 spiro atoms. The van der Waals surface area contributed by atoms with E-state index < -0.39 is 0 Å². The lowest BCUT2D eigenvalue weighted by molar-refractivity contribution is 0.0478. The van der Waals surface area contributed by atoms with Gasteiger partial charge in [-0.15, -0.1) is 0 Å². The first-order chi connectivity index (χ1) is 14.5. The first-order valence-corrected chi connectivity index (χ1v) is 12.3. The predicted octanol–water partition coefficient (Wildman–Crippen LogP) is 6.34. The zero-order valence-electron chi connectivity index (χ0n) is 19.8. The van der Waals surface area contributed by atoms with E-state index in [1.165, 1.54) is 38.5 Å². The summed E-state index contributed by atoms with van der Waals surface area (Å²) in [5.41, 5.74) is -0.266. The molecule has 2 fully saturated rings. The van der Waals surface area contributed by atoms with Crippen molar-refractivity contribution in [2.45, 2.75) is 104 Å². The second-order valence-corrected chi connectivity index (χ2v) is 9.64. The van der Waals surface area contributed by atoms with Crippen molar-refractivity contribution in [2.75, 3.05) is 19.8 Å². The number of allylic oxidation sites excluding steroid dienone is 2. The van der Waals surface area contributed by atoms with Crippen LogP contribution in [-0.2, 0) is 14.2 Å². The van der Waals surface area contributed by atoms with Crippen LogP contribution in [0.1, 0.15) is 91.9 Å². The minimum atomic E-state index is -0.266. The Labute approximate surface area is 184 Å². The van der Waals surface area contributed by atoms with Crippen LogP contribution in [0.3, 0.4) is 0 Å². The molecule has 2 aliphatic rings. The quantitative estimate of drug-likeness (QED) is 0.0833. The topological polar surface area (TPSA) is 60.3 Å². The van der Waals surface area contributed by atoms with Crippen molar-refractivity contribution in [3.8, 4) is 0 Å². The van der Waals surface area contributed by atoms with Crippen LogP contribution in [-0.4, -0.2) is 43.1 Å². The maximum absolute atomic E-state index is 9.27. The Morgan fingerprint density at radius 1 is 1.03 bits per heavy atom. The van der Waals surface area contributed by atoms with Crippen molar-refractivity contribution < 1.29 is 19.4 Å². The molecule has 0 unspecified atom stereocenters. The summed E-state index contributed by atoms with van der Waals surface area (Å²) in [5.74, 6) is 1.58. The van der Waals surface area contributed by atoms with Gasteiger partial charge in [0.1, 0.15) is 0 Å². The summed E-state index contributed by atoms with van der Waals surface area (Å²) in [5, 5.41) is 12.7. The molecule has 0 amide bonds. The molecule has 174 valence electrons. The molecule has 0 aromatic heterocycles. The molecule has 2 saturated heterocycles. The molecule has 0 aromatic carbocycles. The molecule has 2 bridgehead atoms. The highest BCUT2D eigenvalue weighted by Crippen LogP contribution is 2.45. The van der Waals surface area contributed by atoms with Crippen molar-refractivity contribution >= 4 is 5.90 Å². The zero-order valence-corrected chi connectivity index (χ0v) is 19.8. The molecule has 0 aliphatic carbocycles. The monoisotopic (exact) mass is 423 g/mol. The summed E-state index contributed by atoms with van der Waals surface area (Å²) < 4.78 is 17.9. The van der Waals surface area contributed by atoms with Gasteiger partial charge >= 0.3 is 0 Å². The molecule has 1 N–H and O–H groups in total. The highest BCUT2D eigenvalue weighted by atomic mass is 16.5. The van der Waals surface area contributed by atoms with Crippen LogP contribution in [0, 0.1) is 17.3 Å². The largest absolute Gasteiger partial charge is 0.478 e. The van der Waals surface area contributed by atoms with Crippen LogP contribution in [0.5, 0.6) is 0 Å². The second kappa shape index (κ2) is 13.4. The first-order valence-electron chi connectivity index (χ1n) is 12.3. The Balaban J connectivity index is 1.73. The summed E-state index contributed by atoms with van der Waals surface area (Å²) in [4.78, 5) is 0. The van der Waals surface area contributed by atoms with Crippen LogP contribution >= 0.6 is 0 Å². The van der Waals surface area contributed by atoms with Gasteiger partial charge < -0.3 is 19.4 Å². The van der Waals surface area contributed by atoms with Gasteiger partial charge in [0, 0.05) is 17.9 Å². The van der Waals surface area contributed by atoms with E-state index >= 15 is 0 Å². The zero-order chi connectivity index (χ0) is 21.8. The predicted molar refractivity (Wildman–Crippen MR) is 122 cm³/mol. The van der Waals surface area contributed by atoms with Crippen LogP contribution in [0.15, 0.2) is 17.3 Å². The second-order valence-electron chi connectivity index (χ2n) is 9.64. The van der Waals surface area contributed by atoms with E-state index in [0.29, 0.717) is 36.5 Å². The Morgan fingerprint density at radius 2 is 1.80 bits per heavy atom. The number of oxime groups is 1. The number of rotatable bonds is 15. The normalized spacial score (nSPS) is 26.7. The molecular formula is C25H45NO4. The number of fused-ring (bicyclic) bond motifs is 2. The highest BCUT2D eigenvalue weighted by molar-refractivity contribution is 5.81. The molecule has 0 radical (unpaired) electrons. The summed E-state index contributed by atoms with van der Waals surface area (Å²) in [6.07, 6.45) is 16.7. The van der Waals surface area contributed by atoms with Crippen molar-refractivity contribution in [1.29, 1.82) is 0 Å². The third-order valence-corrected chi connectivity index (χ3v) is 6.67. The van der Waals surface area contributed by atoms with Gasteiger partial charge in [0.25, 0.3) is 0 Å². The Hall–Kier alpha value is -1.07. The van der Waals surface area contributed by atoms with Crippen LogP contribution < -0.4 is 0 Å². The van der Waals surface area contributed by atoms with Gasteiger partial charge in [-0.05, 0) is 50.9 Å². The minimum Gasteiger partial charge on any atom is -0.478 e. The maximum Gasteiger partial charge on any atom is 0.231 e. The smallest absolute Gasteiger partial charge is 0.231 e. The minimum absolute atomic E-state index is 0.266. The van der Waals surface area contributed by atoms with Gasteiger partial charge in [0.05, 0.1) is 25.4 Å². The van der Waals surface area contributed by atoms with Crippen molar-refractivity contribution in [3.63, 3.8) is 0 Å². The molecule has 2 heterocycles. The Morgan fingerprint density at radius 3 is 2.50 bits per heavy atom. The first kappa shape index (κ1) is 25.2. The molecule has 2 rings (SSSR count). The SMILES string of the molecule is CCCCCCOC[C@@H]1[C@H](C/C=C\CCC(C)(C)C(=NO)OCCC)[C@@H]2CC[C@H]1O2. The van der Waals surface area contributed by atoms with Gasteiger partial charge in [-0.25, -0.2) is 0 Å². The van der Waals surface area contributed by atoms with Gasteiger partial charge in [-0.2, -0.15) is 0 Å². The molecule has 5 heteroatoms. The van der Waals surface area contributed by atoms with E-state index in [1.54, 1.807) is 0 Å². The number of hydrogen-bond donors (Lipinski definition) is 1. The molecule has 30 heavy (non-hydrogen) atoms. The maximum atomic E-state index is 9.27. The molecule has 2 aliphatic heterocycles. The van der Waals surface area contributed by atoms with Crippen LogP contribution in [0.25, 0.3) is 0 Å². The van der Waals surface area contributed by atoms with Gasteiger partial charge in [-0.3, -0.25) is 0 Å². The van der Waals surface area contributed by atoms with E-state index in [4.69, 9.17) is 14.2 Å². The summed E-state index contributed by atoms with van der Waals surface area (Å²) in [6, 6.07) is 0. The van der Waals surface area contributed by atoms with Crippen molar-refractivity contribution in [2.24, 2.45) is 22.4 Å². The fraction of sp³-hybridized carbons (Fsp3) is 0.880. The number of ether oxygens (including phenoxy) is 3. The third-order valence-electron chi connectivity index (χ3n) is 6.67. The lowest BCUT2D eigenvalue weighted by atomic mass is 9.78. The summed E-state index contributed by atoms with van der Waals surface area (Å²) in [7, 11) is 0. The average Bonchev–Trinajstić information content (AvgIpc) is 3.33. The number of nitrogens with zero attached hydrogens (tertiary/aromatic N) is 1. The fourth-order valence-corrected chi connectivity index (χ4v) is 4.76. The van der Waals surface area contributed by atoms with Gasteiger partial charge in [-0.1, -0.05) is 64.3 Å². The average molecular weight is 424 g/mol. The van der Waals surface area contributed by atoms with Gasteiger partial charge in [0.15, 0.2) is 0 Å². The van der Waals surface area contributed by atoms with E-state index in [-0.39, 0.29) is 5.41 Å². The lowest BCUT2D eigenvalue weighted by Gasteiger charge is -2.27. The fourth-order valence-electron chi connectivity index (χ4n) is 4.76. The Bertz CT molecular complexity index is 531. The molecular weight excluding hydrogens is 378 g/mol. The van der Waals surface area contributed by atoms with E-state index in [9.17, 15) is 5.21 Å². The third kappa shape index (κ3) is 7.56. The van der Waals surface area contributed by atoms with E-state index in [1.807, 2.05) is 0 Å². The summed E-state index contributed by atoms with van der Waals surface area (Å²) in [6.45, 7) is 10.8. The molecule has 5 nitrogen and oxygen atoms in total. The van der Waals surface area contributed by atoms with E-state index in [2.05, 4.69) is 45.0 Å². The molecule has 4 atom stereocenters. The number of hydrogen-bond acceptors (Lipinski definition) is 5. The molecule has 0 saturated carbocycles. The number of unbranched alkanes of at least 4 members (excludes halogenated alkanes) is 3. The van der Waals surface area contributed by atoms with Crippen LogP contribution in [0.4, 0.5) is 0 Å². The van der Waals surface area contributed by atoms with Crippen LogP contribution in [0.2, 0.25) is 0 Å². The Kier molecular flexibility index (Phi) is 11.2. The van der Waals surface area contributed by atoms with Crippen molar-refractivity contribution in [3.05, 3.63) is 12.2 Å². The van der Waals surface area contributed by atoms with Crippen molar-refractivity contribution in [1.82, 2.24) is 0 Å².